The van der Waals surface area contributed by atoms with E-state index in [9.17, 15) is 0 Å². The summed E-state index contributed by atoms with van der Waals surface area (Å²) in [5.41, 5.74) is 1.43. The standard InChI is InChI=1S/C10H23ClSi/c1-6-7-8-12(11,9(2)3)10(4)5/h9-10H,6-8H2,1-5H3. The molecule has 0 nitrogen and oxygen atoms in total. The van der Waals surface area contributed by atoms with E-state index in [0.29, 0.717) is 11.1 Å². The van der Waals surface area contributed by atoms with Crippen LogP contribution in [0.5, 0.6) is 0 Å². The van der Waals surface area contributed by atoms with Crippen molar-refractivity contribution >= 4 is 18.5 Å². The van der Waals surface area contributed by atoms with Gasteiger partial charge in [-0.1, -0.05) is 47.5 Å². The second-order valence-corrected chi connectivity index (χ2v) is 11.1. The van der Waals surface area contributed by atoms with Gasteiger partial charge in [0, 0.05) is 0 Å². The molecule has 0 saturated heterocycles. The average Bonchev–Trinajstić information content (AvgIpc) is 1.99. The highest BCUT2D eigenvalue weighted by atomic mass is 35.6. The minimum atomic E-state index is -1.45. The van der Waals surface area contributed by atoms with Crippen LogP contribution < -0.4 is 0 Å². The van der Waals surface area contributed by atoms with Gasteiger partial charge in [-0.05, 0) is 17.1 Å². The Balaban J connectivity index is 4.19. The van der Waals surface area contributed by atoms with Crippen LogP contribution >= 0.6 is 11.1 Å². The molecule has 0 rings (SSSR count). The van der Waals surface area contributed by atoms with Crippen LogP contribution in [0, 0.1) is 0 Å². The van der Waals surface area contributed by atoms with Gasteiger partial charge in [-0.2, -0.15) is 11.1 Å². The Kier molecular flexibility index (Phi) is 5.51. The number of halogens is 1. The Morgan fingerprint density at radius 1 is 1.08 bits per heavy atom. The SMILES string of the molecule is CCCC[Si](Cl)(C(C)C)C(C)C. The van der Waals surface area contributed by atoms with Crippen LogP contribution in [0.2, 0.25) is 17.1 Å². The normalized spacial score (nSPS) is 13.0. The molecule has 0 aromatic carbocycles. The van der Waals surface area contributed by atoms with Crippen molar-refractivity contribution in [2.24, 2.45) is 0 Å². The summed E-state index contributed by atoms with van der Waals surface area (Å²) in [6.07, 6.45) is 2.59. The maximum absolute atomic E-state index is 6.73. The minimum absolute atomic E-state index is 0.714. The molecule has 0 aliphatic rings. The molecular weight excluding hydrogens is 184 g/mol. The molecule has 0 aliphatic heterocycles. The van der Waals surface area contributed by atoms with E-state index in [1.807, 2.05) is 0 Å². The molecule has 0 heterocycles. The van der Waals surface area contributed by atoms with Crippen molar-refractivity contribution in [1.29, 1.82) is 0 Å². The molecule has 0 radical (unpaired) electrons. The van der Waals surface area contributed by atoms with E-state index in [4.69, 9.17) is 11.1 Å². The molecule has 0 aliphatic carbocycles. The van der Waals surface area contributed by atoms with Crippen LogP contribution in [0.25, 0.3) is 0 Å². The van der Waals surface area contributed by atoms with Gasteiger partial charge in [-0.25, -0.2) is 0 Å². The van der Waals surface area contributed by atoms with Gasteiger partial charge in [0.05, 0.1) is 0 Å². The van der Waals surface area contributed by atoms with Crippen LogP contribution in [0.1, 0.15) is 47.5 Å². The molecule has 0 aromatic rings. The third kappa shape index (κ3) is 3.10. The van der Waals surface area contributed by atoms with Crippen molar-refractivity contribution < 1.29 is 0 Å². The lowest BCUT2D eigenvalue weighted by Gasteiger charge is -2.32. The van der Waals surface area contributed by atoms with E-state index in [2.05, 4.69) is 34.6 Å². The van der Waals surface area contributed by atoms with Crippen LogP contribution in [0.4, 0.5) is 0 Å². The van der Waals surface area contributed by atoms with Gasteiger partial charge in [0.2, 0.25) is 0 Å². The summed E-state index contributed by atoms with van der Waals surface area (Å²) in [5, 5.41) is 0. The second kappa shape index (κ2) is 5.28. The first kappa shape index (κ1) is 12.5. The zero-order valence-corrected chi connectivity index (χ0v) is 10.9. The van der Waals surface area contributed by atoms with E-state index in [1.54, 1.807) is 0 Å². The fourth-order valence-electron chi connectivity index (χ4n) is 1.69. The number of hydrogen-bond acceptors (Lipinski definition) is 0. The Labute approximate surface area is 83.4 Å². The van der Waals surface area contributed by atoms with E-state index >= 15 is 0 Å². The predicted molar refractivity (Wildman–Crippen MR) is 61.5 cm³/mol. The third-order valence-electron chi connectivity index (χ3n) is 2.83. The first-order valence-electron chi connectivity index (χ1n) is 5.14. The quantitative estimate of drug-likeness (QED) is 0.448. The lowest BCUT2D eigenvalue weighted by Crippen LogP contribution is -2.34. The van der Waals surface area contributed by atoms with Crippen molar-refractivity contribution in [3.63, 3.8) is 0 Å². The van der Waals surface area contributed by atoms with Crippen molar-refractivity contribution in [2.45, 2.75) is 64.6 Å². The zero-order valence-electron chi connectivity index (χ0n) is 9.15. The van der Waals surface area contributed by atoms with Crippen molar-refractivity contribution in [3.05, 3.63) is 0 Å². The molecular formula is C10H23ClSi. The smallest absolute Gasteiger partial charge is 0.161 e. The molecule has 0 spiro atoms. The molecule has 0 N–H and O–H groups in total. The highest BCUT2D eigenvalue weighted by Gasteiger charge is 2.37. The lowest BCUT2D eigenvalue weighted by atomic mass is 10.4. The molecule has 0 fully saturated rings. The number of unbranched alkanes of at least 4 members (excludes halogenated alkanes) is 1. The number of rotatable bonds is 5. The van der Waals surface area contributed by atoms with Gasteiger partial charge in [-0.15, -0.1) is 0 Å². The van der Waals surface area contributed by atoms with Crippen molar-refractivity contribution in [1.82, 2.24) is 0 Å². The topological polar surface area (TPSA) is 0 Å². The predicted octanol–water partition coefficient (Wildman–Crippen LogP) is 4.79. The molecule has 12 heavy (non-hydrogen) atoms. The van der Waals surface area contributed by atoms with Gasteiger partial charge < -0.3 is 0 Å². The summed E-state index contributed by atoms with van der Waals surface area (Å²) in [6, 6.07) is 1.29. The molecule has 0 amide bonds. The summed E-state index contributed by atoms with van der Waals surface area (Å²) in [4.78, 5) is 0. The lowest BCUT2D eigenvalue weighted by molar-refractivity contribution is 0.823. The summed E-state index contributed by atoms with van der Waals surface area (Å²) in [5.74, 6) is 0. The highest BCUT2D eigenvalue weighted by molar-refractivity contribution is 7.21. The maximum atomic E-state index is 6.73. The Morgan fingerprint density at radius 3 is 1.75 bits per heavy atom. The highest BCUT2D eigenvalue weighted by Crippen LogP contribution is 2.40. The van der Waals surface area contributed by atoms with E-state index in [1.165, 1.54) is 18.9 Å². The molecule has 0 unspecified atom stereocenters. The van der Waals surface area contributed by atoms with Gasteiger partial charge in [0.15, 0.2) is 7.38 Å². The van der Waals surface area contributed by atoms with Crippen LogP contribution in [0.15, 0.2) is 0 Å². The molecule has 0 bridgehead atoms. The fourth-order valence-corrected chi connectivity index (χ4v) is 5.48. The molecule has 0 atom stereocenters. The molecule has 0 saturated carbocycles. The summed E-state index contributed by atoms with van der Waals surface area (Å²) < 4.78 is 0. The first-order chi connectivity index (χ1) is 5.45. The zero-order chi connectivity index (χ0) is 9.78. The van der Waals surface area contributed by atoms with Gasteiger partial charge >= 0.3 is 0 Å². The van der Waals surface area contributed by atoms with Crippen LogP contribution in [0.3, 0.4) is 0 Å². The summed E-state index contributed by atoms with van der Waals surface area (Å²) in [7, 11) is -1.45. The fraction of sp³-hybridized carbons (Fsp3) is 1.00. The van der Waals surface area contributed by atoms with E-state index < -0.39 is 7.38 Å². The monoisotopic (exact) mass is 206 g/mol. The Morgan fingerprint density at radius 2 is 1.50 bits per heavy atom. The average molecular weight is 207 g/mol. The van der Waals surface area contributed by atoms with Crippen LogP contribution in [-0.2, 0) is 0 Å². The minimum Gasteiger partial charge on any atom is -0.166 e. The van der Waals surface area contributed by atoms with Crippen molar-refractivity contribution in [3.8, 4) is 0 Å². The van der Waals surface area contributed by atoms with Crippen LogP contribution in [-0.4, -0.2) is 7.38 Å². The van der Waals surface area contributed by atoms with Gasteiger partial charge in [0.1, 0.15) is 0 Å². The first-order valence-corrected chi connectivity index (χ1v) is 8.51. The molecule has 0 aromatic heterocycles. The van der Waals surface area contributed by atoms with Gasteiger partial charge in [-0.3, -0.25) is 0 Å². The summed E-state index contributed by atoms with van der Waals surface area (Å²) >= 11 is 6.73. The molecule has 2 heteroatoms. The third-order valence-corrected chi connectivity index (χ3v) is 11.0. The second-order valence-electron chi connectivity index (χ2n) is 4.34. The van der Waals surface area contributed by atoms with Crippen molar-refractivity contribution in [2.75, 3.05) is 0 Å². The van der Waals surface area contributed by atoms with E-state index in [-0.39, 0.29) is 0 Å². The number of hydrogen-bond donors (Lipinski definition) is 0. The Hall–Kier alpha value is 0.507. The summed E-state index contributed by atoms with van der Waals surface area (Å²) in [6.45, 7) is 11.4. The molecule has 74 valence electrons. The maximum Gasteiger partial charge on any atom is 0.161 e. The van der Waals surface area contributed by atoms with Gasteiger partial charge in [0.25, 0.3) is 0 Å². The largest absolute Gasteiger partial charge is 0.166 e. The Bertz CT molecular complexity index is 113. The van der Waals surface area contributed by atoms with E-state index in [0.717, 1.165) is 0 Å².